The summed E-state index contributed by atoms with van der Waals surface area (Å²) in [5.41, 5.74) is -0.107. The molecule has 1 aromatic carbocycles. The van der Waals surface area contributed by atoms with Crippen molar-refractivity contribution in [3.8, 4) is 0 Å². The molecule has 192 valence electrons. The second kappa shape index (κ2) is 8.13. The van der Waals surface area contributed by atoms with Gasteiger partial charge in [-0.05, 0) is 132 Å². The van der Waals surface area contributed by atoms with Crippen LogP contribution >= 0.6 is 0 Å². The van der Waals surface area contributed by atoms with Crippen LogP contribution in [0.2, 0.25) is 0 Å². The Morgan fingerprint density at radius 2 is 1.43 bits per heavy atom. The largest absolute Gasteiger partial charge is 0.393 e. The fourth-order valence-electron chi connectivity index (χ4n) is 8.95. The number of benzene rings is 1. The molecule has 5 fully saturated rings. The average Bonchev–Trinajstić information content (AvgIpc) is 2.86. The zero-order chi connectivity index (χ0) is 24.5. The Kier molecular flexibility index (Phi) is 5.60. The predicted octanol–water partition coefficient (Wildman–Crippen LogP) is 6.76. The van der Waals surface area contributed by atoms with Crippen LogP contribution in [0, 0.1) is 29.1 Å². The van der Waals surface area contributed by atoms with Crippen molar-refractivity contribution in [3.05, 3.63) is 41.7 Å². The summed E-state index contributed by atoms with van der Waals surface area (Å²) >= 11 is 0. The van der Waals surface area contributed by atoms with Crippen molar-refractivity contribution in [1.29, 1.82) is 0 Å². The summed E-state index contributed by atoms with van der Waals surface area (Å²) in [4.78, 5) is 0.137. The van der Waals surface area contributed by atoms with E-state index in [0.29, 0.717) is 37.0 Å². The van der Waals surface area contributed by atoms with Crippen LogP contribution in [0.15, 0.2) is 41.1 Å². The lowest BCUT2D eigenvalue weighted by atomic mass is 9.39. The van der Waals surface area contributed by atoms with Crippen LogP contribution in [0.25, 0.3) is 0 Å². The predicted molar refractivity (Wildman–Crippen MR) is 133 cm³/mol. The average molecular weight is 503 g/mol. The Morgan fingerprint density at radius 3 is 1.97 bits per heavy atom. The fourth-order valence-corrected chi connectivity index (χ4v) is 10.2. The van der Waals surface area contributed by atoms with Crippen molar-refractivity contribution in [2.45, 2.75) is 113 Å². The molecule has 0 radical (unpaired) electrons. The molecule has 0 amide bonds. The van der Waals surface area contributed by atoms with E-state index in [0.717, 1.165) is 50.5 Å². The number of halogens is 1. The van der Waals surface area contributed by atoms with Gasteiger partial charge < -0.3 is 5.11 Å². The van der Waals surface area contributed by atoms with Crippen LogP contribution in [-0.2, 0) is 14.3 Å². The molecule has 4 bridgehead atoms. The molecule has 0 saturated heterocycles. The van der Waals surface area contributed by atoms with Gasteiger partial charge in [-0.3, -0.25) is 4.18 Å². The highest BCUT2D eigenvalue weighted by molar-refractivity contribution is 7.86. The molecule has 6 heteroatoms. The summed E-state index contributed by atoms with van der Waals surface area (Å²) in [6.45, 7) is 1.91. The van der Waals surface area contributed by atoms with E-state index < -0.39 is 21.1 Å². The second-order valence-electron chi connectivity index (χ2n) is 12.6. The maximum absolute atomic E-state index is 16.1. The van der Waals surface area contributed by atoms with E-state index in [1.54, 1.807) is 30.3 Å². The van der Waals surface area contributed by atoms with Crippen molar-refractivity contribution in [2.75, 3.05) is 0 Å². The summed E-state index contributed by atoms with van der Waals surface area (Å²) in [7, 11) is -3.96. The van der Waals surface area contributed by atoms with Gasteiger partial charge in [-0.1, -0.05) is 17.7 Å². The Hall–Kier alpha value is -1.24. The molecule has 7 aliphatic rings. The number of allylic oxidation sites excluding steroid dienone is 1. The van der Waals surface area contributed by atoms with Gasteiger partial charge in [0, 0.05) is 5.41 Å². The highest BCUT2D eigenvalue weighted by Gasteiger charge is 2.65. The molecule has 5 saturated carbocycles. The summed E-state index contributed by atoms with van der Waals surface area (Å²) in [5.74, 6) is 0.608. The summed E-state index contributed by atoms with van der Waals surface area (Å²) in [5, 5.41) is 9.97. The first-order valence-corrected chi connectivity index (χ1v) is 15.1. The van der Waals surface area contributed by atoms with Crippen LogP contribution in [0.3, 0.4) is 0 Å². The minimum atomic E-state index is -3.96. The number of aliphatic hydroxyl groups is 1. The van der Waals surface area contributed by atoms with Crippen molar-refractivity contribution in [1.82, 2.24) is 0 Å². The molecule has 1 aromatic rings. The van der Waals surface area contributed by atoms with Gasteiger partial charge in [0.25, 0.3) is 10.1 Å². The lowest BCUT2D eigenvalue weighted by Crippen LogP contribution is -2.58. The number of aryl methyl sites for hydroxylation is 1. The molecule has 0 aromatic heterocycles. The van der Waals surface area contributed by atoms with E-state index >= 15 is 4.39 Å². The van der Waals surface area contributed by atoms with Gasteiger partial charge in [0.2, 0.25) is 0 Å². The molecular weight excluding hydrogens is 463 g/mol. The highest BCUT2D eigenvalue weighted by atomic mass is 32.2. The smallest absolute Gasteiger partial charge is 0.297 e. The van der Waals surface area contributed by atoms with Gasteiger partial charge in [-0.25, -0.2) is 4.39 Å². The van der Waals surface area contributed by atoms with Gasteiger partial charge in [-0.2, -0.15) is 8.42 Å². The second-order valence-corrected chi connectivity index (χ2v) is 14.2. The molecule has 35 heavy (non-hydrogen) atoms. The van der Waals surface area contributed by atoms with Crippen LogP contribution in [0.1, 0.15) is 95.5 Å². The summed E-state index contributed by atoms with van der Waals surface area (Å²) in [6.07, 6.45) is 14.9. The molecule has 7 aliphatic carbocycles. The molecule has 0 heterocycles. The molecule has 0 unspecified atom stereocenters. The quantitative estimate of drug-likeness (QED) is 0.452. The molecule has 8 rings (SSSR count). The monoisotopic (exact) mass is 502 g/mol. The SMILES string of the molecule is Cc1ccc(S(=O)(=O)OC23C=C(F)C(C45CCC(C6CCC(O)CC6)(CC4)CC5)(CC2)CC3)cc1. The lowest BCUT2D eigenvalue weighted by molar-refractivity contribution is -0.150. The lowest BCUT2D eigenvalue weighted by Gasteiger charge is -2.66. The zero-order valence-corrected chi connectivity index (χ0v) is 21.7. The third-order valence-electron chi connectivity index (χ3n) is 11.3. The maximum Gasteiger partial charge on any atom is 0.297 e. The third kappa shape index (κ3) is 3.68. The molecular formula is C29H39FO4S. The Labute approximate surface area is 209 Å². The van der Waals surface area contributed by atoms with Crippen LogP contribution in [-0.4, -0.2) is 25.2 Å². The normalized spacial score (nSPS) is 43.2. The van der Waals surface area contributed by atoms with Crippen molar-refractivity contribution < 1.29 is 22.1 Å². The zero-order valence-electron chi connectivity index (χ0n) is 20.9. The standard InChI is InChI=1S/C29H39FO4S/c1-21-2-8-24(9-3-21)35(32,33)34-28-16-18-29(19-17-28,25(30)20-28)27-13-10-26(11-14-27,12-15-27)22-4-6-23(31)7-5-22/h2-3,8-9,20,22-23,31H,4-7,10-19H2,1H3. The topological polar surface area (TPSA) is 63.6 Å². The number of rotatable bonds is 5. The minimum absolute atomic E-state index is 0.00588. The molecule has 0 aliphatic heterocycles. The van der Waals surface area contributed by atoms with E-state index in [2.05, 4.69) is 0 Å². The van der Waals surface area contributed by atoms with Crippen molar-refractivity contribution in [2.24, 2.45) is 22.2 Å². The van der Waals surface area contributed by atoms with Crippen LogP contribution < -0.4 is 0 Å². The number of aliphatic hydroxyl groups excluding tert-OH is 1. The first kappa shape index (κ1) is 24.1. The van der Waals surface area contributed by atoms with Crippen molar-refractivity contribution in [3.63, 3.8) is 0 Å². The first-order valence-electron chi connectivity index (χ1n) is 13.7. The maximum atomic E-state index is 16.1. The summed E-state index contributed by atoms with van der Waals surface area (Å²) < 4.78 is 47.9. The highest BCUT2D eigenvalue weighted by Crippen LogP contribution is 2.73. The number of hydrogen-bond acceptors (Lipinski definition) is 4. The number of fused-ring (bicyclic) bond motifs is 5. The first-order chi connectivity index (χ1) is 16.6. The minimum Gasteiger partial charge on any atom is -0.393 e. The van der Waals surface area contributed by atoms with E-state index in [1.165, 1.54) is 19.3 Å². The Balaban J connectivity index is 1.21. The molecule has 0 atom stereocenters. The van der Waals surface area contributed by atoms with Gasteiger partial charge in [0.1, 0.15) is 11.4 Å². The van der Waals surface area contributed by atoms with Gasteiger partial charge >= 0.3 is 0 Å². The Bertz CT molecular complexity index is 1080. The molecule has 0 spiro atoms. The van der Waals surface area contributed by atoms with Gasteiger partial charge in [0.05, 0.1) is 11.0 Å². The summed E-state index contributed by atoms with van der Waals surface area (Å²) in [6, 6.07) is 6.66. The van der Waals surface area contributed by atoms with E-state index in [1.807, 2.05) is 6.92 Å². The van der Waals surface area contributed by atoms with Crippen LogP contribution in [0.4, 0.5) is 4.39 Å². The van der Waals surface area contributed by atoms with Crippen molar-refractivity contribution >= 4 is 10.1 Å². The number of hydrogen-bond donors (Lipinski definition) is 1. The van der Waals surface area contributed by atoms with Gasteiger partial charge in [0.15, 0.2) is 0 Å². The molecule has 1 N–H and O–H groups in total. The van der Waals surface area contributed by atoms with E-state index in [4.69, 9.17) is 4.18 Å². The Morgan fingerprint density at radius 1 is 0.857 bits per heavy atom. The fraction of sp³-hybridized carbons (Fsp3) is 0.724. The van der Waals surface area contributed by atoms with Crippen LogP contribution in [0.5, 0.6) is 0 Å². The van der Waals surface area contributed by atoms with E-state index in [9.17, 15) is 13.5 Å². The third-order valence-corrected chi connectivity index (χ3v) is 12.7. The van der Waals surface area contributed by atoms with E-state index in [-0.39, 0.29) is 22.2 Å². The van der Waals surface area contributed by atoms with Gasteiger partial charge in [-0.15, -0.1) is 0 Å². The molecule has 4 nitrogen and oxygen atoms in total.